The van der Waals surface area contributed by atoms with Gasteiger partial charge in [0.25, 0.3) is 10.0 Å². The lowest BCUT2D eigenvalue weighted by atomic mass is 10.1. The monoisotopic (exact) mass is 525 g/mol. The molecule has 0 aliphatic carbocycles. The van der Waals surface area contributed by atoms with Crippen molar-refractivity contribution in [3.05, 3.63) is 94.8 Å². The summed E-state index contributed by atoms with van der Waals surface area (Å²) in [5.41, 5.74) is 3.53. The molecular formula is C28H32FN3O4S. The molecule has 0 aliphatic heterocycles. The molecule has 0 aromatic heterocycles. The average Bonchev–Trinajstić information content (AvgIpc) is 2.85. The number of amides is 2. The second kappa shape index (κ2) is 11.6. The first kappa shape index (κ1) is 27.9. The third-order valence-corrected chi connectivity index (χ3v) is 7.85. The number of carbonyl (C=O) groups excluding carboxylic acids is 2. The minimum atomic E-state index is -4.13. The summed E-state index contributed by atoms with van der Waals surface area (Å²) in [6.45, 7) is 6.60. The van der Waals surface area contributed by atoms with Crippen molar-refractivity contribution in [2.24, 2.45) is 0 Å². The van der Waals surface area contributed by atoms with Gasteiger partial charge in [0.05, 0.1) is 10.6 Å². The van der Waals surface area contributed by atoms with Crippen LogP contribution in [0.4, 0.5) is 10.1 Å². The van der Waals surface area contributed by atoms with E-state index in [4.69, 9.17) is 0 Å². The van der Waals surface area contributed by atoms with E-state index in [0.29, 0.717) is 11.3 Å². The summed E-state index contributed by atoms with van der Waals surface area (Å²) < 4.78 is 42.2. The summed E-state index contributed by atoms with van der Waals surface area (Å²) in [5.74, 6) is -1.41. The van der Waals surface area contributed by atoms with E-state index < -0.39 is 40.2 Å². The maximum Gasteiger partial charge on any atom is 0.264 e. The lowest BCUT2D eigenvalue weighted by Crippen LogP contribution is -2.50. The maximum atomic E-state index is 13.8. The van der Waals surface area contributed by atoms with Crippen molar-refractivity contribution in [1.82, 2.24) is 10.2 Å². The smallest absolute Gasteiger partial charge is 0.264 e. The first-order valence-corrected chi connectivity index (χ1v) is 13.3. The number of rotatable bonds is 9. The zero-order valence-electron chi connectivity index (χ0n) is 21.7. The molecule has 3 aromatic rings. The highest BCUT2D eigenvalue weighted by Crippen LogP contribution is 2.27. The highest BCUT2D eigenvalue weighted by atomic mass is 32.2. The number of hydrogen-bond donors (Lipinski definition) is 1. The number of carbonyl (C=O) groups is 2. The molecule has 0 aliphatic rings. The lowest BCUT2D eigenvalue weighted by Gasteiger charge is -2.32. The SMILES string of the molecule is CNC(=O)C(C)N(Cc1ccc(F)cc1)C(=O)CN(c1cc(C)cc(C)c1)S(=O)(=O)c1ccc(C)cc1. The average molecular weight is 526 g/mol. The van der Waals surface area contributed by atoms with Gasteiger partial charge in [-0.25, -0.2) is 12.8 Å². The highest BCUT2D eigenvalue weighted by molar-refractivity contribution is 7.92. The van der Waals surface area contributed by atoms with Gasteiger partial charge in [0.2, 0.25) is 11.8 Å². The number of anilines is 1. The van der Waals surface area contributed by atoms with E-state index in [0.717, 1.165) is 21.0 Å². The van der Waals surface area contributed by atoms with Gasteiger partial charge in [-0.15, -0.1) is 0 Å². The number of benzene rings is 3. The van der Waals surface area contributed by atoms with E-state index >= 15 is 0 Å². The molecule has 0 heterocycles. The number of nitrogens with zero attached hydrogens (tertiary/aromatic N) is 2. The number of nitrogens with one attached hydrogen (secondary N) is 1. The number of hydrogen-bond acceptors (Lipinski definition) is 4. The Morgan fingerprint density at radius 3 is 2.00 bits per heavy atom. The number of likely N-dealkylation sites (N-methyl/N-ethyl adjacent to an activating group) is 1. The zero-order chi connectivity index (χ0) is 27.3. The molecule has 9 heteroatoms. The number of aryl methyl sites for hydroxylation is 3. The third kappa shape index (κ3) is 6.74. The summed E-state index contributed by atoms with van der Waals surface area (Å²) in [5, 5.41) is 2.53. The predicted molar refractivity (Wildman–Crippen MR) is 142 cm³/mol. The summed E-state index contributed by atoms with van der Waals surface area (Å²) in [4.78, 5) is 27.6. The second-order valence-corrected chi connectivity index (χ2v) is 11.0. The fraction of sp³-hybridized carbons (Fsp3) is 0.286. The summed E-state index contributed by atoms with van der Waals surface area (Å²) >= 11 is 0. The van der Waals surface area contributed by atoms with Crippen molar-refractivity contribution in [3.63, 3.8) is 0 Å². The molecular weight excluding hydrogens is 493 g/mol. The van der Waals surface area contributed by atoms with Crippen molar-refractivity contribution in [1.29, 1.82) is 0 Å². The van der Waals surface area contributed by atoms with Gasteiger partial charge in [-0.1, -0.05) is 35.9 Å². The molecule has 1 N–H and O–H groups in total. The van der Waals surface area contributed by atoms with Crippen LogP contribution in [0.3, 0.4) is 0 Å². The van der Waals surface area contributed by atoms with Crippen LogP contribution >= 0.6 is 0 Å². The number of sulfonamides is 1. The molecule has 0 bridgehead atoms. The fourth-order valence-corrected chi connectivity index (χ4v) is 5.44. The fourth-order valence-electron chi connectivity index (χ4n) is 4.04. The van der Waals surface area contributed by atoms with Crippen LogP contribution in [0, 0.1) is 26.6 Å². The summed E-state index contributed by atoms with van der Waals surface area (Å²) in [6.07, 6.45) is 0. The second-order valence-electron chi connectivity index (χ2n) is 9.11. The van der Waals surface area contributed by atoms with E-state index in [-0.39, 0.29) is 11.4 Å². The largest absolute Gasteiger partial charge is 0.357 e. The van der Waals surface area contributed by atoms with Gasteiger partial charge in [-0.3, -0.25) is 13.9 Å². The molecule has 1 atom stereocenters. The Bertz CT molecular complexity index is 1350. The standard InChI is InChI=1S/C28H32FN3O4S/c1-19-6-12-26(13-7-19)37(35,36)32(25-15-20(2)14-21(3)16-25)18-27(33)31(22(4)28(34)30-5)17-23-8-10-24(29)11-9-23/h6-16,22H,17-18H2,1-5H3,(H,30,34). The van der Waals surface area contributed by atoms with Crippen LogP contribution in [-0.4, -0.2) is 44.8 Å². The van der Waals surface area contributed by atoms with Crippen LogP contribution in [-0.2, 0) is 26.2 Å². The molecule has 3 aromatic carbocycles. The van der Waals surface area contributed by atoms with Gasteiger partial charge in [-0.2, -0.15) is 0 Å². The van der Waals surface area contributed by atoms with E-state index in [9.17, 15) is 22.4 Å². The topological polar surface area (TPSA) is 86.8 Å². The normalized spacial score (nSPS) is 12.1. The van der Waals surface area contributed by atoms with Gasteiger partial charge in [0.15, 0.2) is 0 Å². The van der Waals surface area contributed by atoms with Gasteiger partial charge < -0.3 is 10.2 Å². The van der Waals surface area contributed by atoms with Crippen molar-refractivity contribution in [2.75, 3.05) is 17.9 Å². The Hall–Kier alpha value is -3.72. The van der Waals surface area contributed by atoms with Gasteiger partial charge >= 0.3 is 0 Å². The van der Waals surface area contributed by atoms with Crippen LogP contribution in [0.5, 0.6) is 0 Å². The third-order valence-electron chi connectivity index (χ3n) is 6.06. The van der Waals surface area contributed by atoms with Crippen LogP contribution in [0.1, 0.15) is 29.2 Å². The molecule has 0 spiro atoms. The van der Waals surface area contributed by atoms with E-state index in [2.05, 4.69) is 5.32 Å². The lowest BCUT2D eigenvalue weighted by molar-refractivity contribution is -0.139. The first-order chi connectivity index (χ1) is 17.4. The van der Waals surface area contributed by atoms with Gasteiger partial charge in [0.1, 0.15) is 18.4 Å². The minimum absolute atomic E-state index is 0.00103. The maximum absolute atomic E-state index is 13.8. The molecule has 3 rings (SSSR count). The quantitative estimate of drug-likeness (QED) is 0.456. The van der Waals surface area contributed by atoms with Crippen LogP contribution in [0.25, 0.3) is 0 Å². The predicted octanol–water partition coefficient (Wildman–Crippen LogP) is 4.11. The van der Waals surface area contributed by atoms with Crippen LogP contribution in [0.2, 0.25) is 0 Å². The Morgan fingerprint density at radius 1 is 0.892 bits per heavy atom. The van der Waals surface area contributed by atoms with Crippen molar-refractivity contribution >= 4 is 27.5 Å². The van der Waals surface area contributed by atoms with Crippen LogP contribution < -0.4 is 9.62 Å². The van der Waals surface area contributed by atoms with Crippen molar-refractivity contribution in [2.45, 2.75) is 45.2 Å². The summed E-state index contributed by atoms with van der Waals surface area (Å²) in [7, 11) is -2.67. The minimum Gasteiger partial charge on any atom is -0.357 e. The zero-order valence-corrected chi connectivity index (χ0v) is 22.5. The number of halogens is 1. The molecule has 196 valence electrons. The molecule has 7 nitrogen and oxygen atoms in total. The Balaban J connectivity index is 2.06. The van der Waals surface area contributed by atoms with E-state index in [1.54, 1.807) is 31.2 Å². The molecule has 1 unspecified atom stereocenters. The molecule has 0 saturated heterocycles. The van der Waals surface area contributed by atoms with Gasteiger partial charge in [0, 0.05) is 13.6 Å². The summed E-state index contributed by atoms with van der Waals surface area (Å²) in [6, 6.07) is 16.4. The Labute approximate surface area is 218 Å². The van der Waals surface area contributed by atoms with Crippen LogP contribution in [0.15, 0.2) is 71.6 Å². The Kier molecular flexibility index (Phi) is 8.70. The van der Waals surface area contributed by atoms with Crippen molar-refractivity contribution in [3.8, 4) is 0 Å². The molecule has 0 fully saturated rings. The molecule has 2 amide bonds. The molecule has 0 radical (unpaired) electrons. The van der Waals surface area contributed by atoms with Gasteiger partial charge in [-0.05, 0) is 80.8 Å². The Morgan fingerprint density at radius 2 is 1.46 bits per heavy atom. The molecule has 0 saturated carbocycles. The molecule has 37 heavy (non-hydrogen) atoms. The highest BCUT2D eigenvalue weighted by Gasteiger charge is 2.32. The van der Waals surface area contributed by atoms with Crippen molar-refractivity contribution < 1.29 is 22.4 Å². The van der Waals surface area contributed by atoms with E-state index in [1.165, 1.54) is 48.3 Å². The van der Waals surface area contributed by atoms with E-state index in [1.807, 2.05) is 26.8 Å². The first-order valence-electron chi connectivity index (χ1n) is 11.9.